The standard InChI is InChI=1S/C20H22N2O3/c23-19-5-2-10-22(19)14-17-4-1-3-16(11-17)13-21-12-15-6-8-18(9-7-15)20(24)25/h1,3-4,6-9,11,21H,2,5,10,12-14H2,(H,24,25). The number of likely N-dealkylation sites (tertiary alicyclic amines) is 1. The molecule has 3 rings (SSSR count). The van der Waals surface area contributed by atoms with Gasteiger partial charge in [0.15, 0.2) is 0 Å². The van der Waals surface area contributed by atoms with Crippen molar-refractivity contribution in [1.82, 2.24) is 10.2 Å². The highest BCUT2D eigenvalue weighted by molar-refractivity contribution is 5.87. The minimum absolute atomic E-state index is 0.244. The first-order chi connectivity index (χ1) is 12.1. The van der Waals surface area contributed by atoms with E-state index < -0.39 is 5.97 Å². The van der Waals surface area contributed by atoms with E-state index >= 15 is 0 Å². The van der Waals surface area contributed by atoms with Gasteiger partial charge >= 0.3 is 5.97 Å². The largest absolute Gasteiger partial charge is 0.478 e. The molecule has 0 bridgehead atoms. The van der Waals surface area contributed by atoms with Gasteiger partial charge in [0.2, 0.25) is 5.91 Å². The number of carbonyl (C=O) groups is 2. The van der Waals surface area contributed by atoms with Crippen molar-refractivity contribution in [2.45, 2.75) is 32.5 Å². The summed E-state index contributed by atoms with van der Waals surface area (Å²) < 4.78 is 0. The van der Waals surface area contributed by atoms with Crippen molar-refractivity contribution < 1.29 is 14.7 Å². The van der Waals surface area contributed by atoms with Crippen LogP contribution in [0.3, 0.4) is 0 Å². The van der Waals surface area contributed by atoms with Gasteiger partial charge < -0.3 is 15.3 Å². The SMILES string of the molecule is O=C(O)c1ccc(CNCc2cccc(CN3CCCC3=O)c2)cc1. The molecule has 1 heterocycles. The van der Waals surface area contributed by atoms with Crippen LogP contribution in [0.15, 0.2) is 48.5 Å². The maximum atomic E-state index is 11.7. The lowest BCUT2D eigenvalue weighted by molar-refractivity contribution is -0.128. The van der Waals surface area contributed by atoms with E-state index in [2.05, 4.69) is 23.5 Å². The van der Waals surface area contributed by atoms with Gasteiger partial charge in [-0.1, -0.05) is 36.4 Å². The van der Waals surface area contributed by atoms with Crippen LogP contribution in [-0.4, -0.2) is 28.4 Å². The topological polar surface area (TPSA) is 69.6 Å². The van der Waals surface area contributed by atoms with Crippen LogP contribution >= 0.6 is 0 Å². The third kappa shape index (κ3) is 4.67. The second-order valence-corrected chi connectivity index (χ2v) is 6.34. The minimum Gasteiger partial charge on any atom is -0.478 e. The molecular formula is C20H22N2O3. The van der Waals surface area contributed by atoms with Crippen LogP contribution in [0, 0.1) is 0 Å². The summed E-state index contributed by atoms with van der Waals surface area (Å²) in [6.45, 7) is 2.94. The molecule has 1 aliphatic heterocycles. The maximum absolute atomic E-state index is 11.7. The molecule has 130 valence electrons. The number of hydrogen-bond acceptors (Lipinski definition) is 3. The number of benzene rings is 2. The Morgan fingerprint density at radius 1 is 1.04 bits per heavy atom. The third-order valence-electron chi connectivity index (χ3n) is 4.40. The van der Waals surface area contributed by atoms with Crippen LogP contribution in [0.1, 0.15) is 39.9 Å². The van der Waals surface area contributed by atoms with Gasteiger partial charge in [0, 0.05) is 32.6 Å². The van der Waals surface area contributed by atoms with Crippen LogP contribution in [0.2, 0.25) is 0 Å². The summed E-state index contributed by atoms with van der Waals surface area (Å²) in [4.78, 5) is 24.5. The summed E-state index contributed by atoms with van der Waals surface area (Å²) in [7, 11) is 0. The van der Waals surface area contributed by atoms with E-state index in [-0.39, 0.29) is 5.91 Å². The van der Waals surface area contributed by atoms with Gasteiger partial charge in [-0.15, -0.1) is 0 Å². The van der Waals surface area contributed by atoms with Crippen LogP contribution < -0.4 is 5.32 Å². The number of amides is 1. The lowest BCUT2D eigenvalue weighted by Crippen LogP contribution is -2.23. The highest BCUT2D eigenvalue weighted by atomic mass is 16.4. The number of nitrogens with zero attached hydrogens (tertiary/aromatic N) is 1. The highest BCUT2D eigenvalue weighted by Crippen LogP contribution is 2.15. The molecule has 1 aliphatic rings. The fourth-order valence-electron chi connectivity index (χ4n) is 3.05. The third-order valence-corrected chi connectivity index (χ3v) is 4.40. The van der Waals surface area contributed by atoms with Gasteiger partial charge in [-0.3, -0.25) is 4.79 Å². The molecule has 1 amide bonds. The number of rotatable bonds is 7. The Kier molecular flexibility index (Phi) is 5.46. The number of carboxylic acids is 1. The summed E-state index contributed by atoms with van der Waals surface area (Å²) in [6.07, 6.45) is 1.63. The molecule has 0 spiro atoms. The quantitative estimate of drug-likeness (QED) is 0.814. The van der Waals surface area contributed by atoms with Gasteiger partial charge in [0.1, 0.15) is 0 Å². The van der Waals surface area contributed by atoms with E-state index in [1.807, 2.05) is 23.1 Å². The second kappa shape index (κ2) is 7.94. The fraction of sp³-hybridized carbons (Fsp3) is 0.300. The molecule has 1 fully saturated rings. The van der Waals surface area contributed by atoms with E-state index in [1.165, 1.54) is 5.56 Å². The predicted octanol–water partition coefficient (Wildman–Crippen LogP) is 2.80. The maximum Gasteiger partial charge on any atom is 0.335 e. The van der Waals surface area contributed by atoms with Crippen LogP contribution in [0.25, 0.3) is 0 Å². The molecule has 0 unspecified atom stereocenters. The number of carbonyl (C=O) groups excluding carboxylic acids is 1. The normalized spacial score (nSPS) is 14.1. The average Bonchev–Trinajstić information content (AvgIpc) is 3.00. The number of carboxylic acid groups (broad SMARTS) is 1. The predicted molar refractivity (Wildman–Crippen MR) is 95.0 cm³/mol. The monoisotopic (exact) mass is 338 g/mol. The Morgan fingerprint density at radius 3 is 2.44 bits per heavy atom. The second-order valence-electron chi connectivity index (χ2n) is 6.34. The molecule has 0 saturated carbocycles. The summed E-state index contributed by atoms with van der Waals surface area (Å²) in [5.41, 5.74) is 3.67. The average molecular weight is 338 g/mol. The lowest BCUT2D eigenvalue weighted by atomic mass is 10.1. The first kappa shape index (κ1) is 17.2. The molecular weight excluding hydrogens is 316 g/mol. The molecule has 2 N–H and O–H groups in total. The van der Waals surface area contributed by atoms with E-state index in [9.17, 15) is 9.59 Å². The Bertz CT molecular complexity index is 756. The van der Waals surface area contributed by atoms with E-state index in [1.54, 1.807) is 12.1 Å². The molecule has 5 nitrogen and oxygen atoms in total. The highest BCUT2D eigenvalue weighted by Gasteiger charge is 2.19. The minimum atomic E-state index is -0.909. The molecule has 1 saturated heterocycles. The van der Waals surface area contributed by atoms with Gasteiger partial charge in [-0.25, -0.2) is 4.79 Å². The summed E-state index contributed by atoms with van der Waals surface area (Å²) in [6, 6.07) is 15.2. The summed E-state index contributed by atoms with van der Waals surface area (Å²) in [5, 5.41) is 12.3. The van der Waals surface area contributed by atoms with Gasteiger partial charge in [-0.05, 0) is 35.2 Å². The van der Waals surface area contributed by atoms with E-state index in [0.29, 0.717) is 25.1 Å². The zero-order valence-electron chi connectivity index (χ0n) is 14.1. The molecule has 0 aliphatic carbocycles. The molecule has 0 aromatic heterocycles. The summed E-state index contributed by atoms with van der Waals surface area (Å²) in [5.74, 6) is -0.666. The van der Waals surface area contributed by atoms with Crippen molar-refractivity contribution in [2.75, 3.05) is 6.54 Å². The molecule has 2 aromatic rings. The van der Waals surface area contributed by atoms with Crippen LogP contribution in [0.4, 0.5) is 0 Å². The first-order valence-corrected chi connectivity index (χ1v) is 8.50. The van der Waals surface area contributed by atoms with Crippen molar-refractivity contribution >= 4 is 11.9 Å². The Labute approximate surface area is 147 Å². The fourth-order valence-corrected chi connectivity index (χ4v) is 3.05. The van der Waals surface area contributed by atoms with Crippen molar-refractivity contribution in [1.29, 1.82) is 0 Å². The molecule has 5 heteroatoms. The van der Waals surface area contributed by atoms with Crippen molar-refractivity contribution in [3.63, 3.8) is 0 Å². The number of hydrogen-bond donors (Lipinski definition) is 2. The number of nitrogens with one attached hydrogen (secondary N) is 1. The van der Waals surface area contributed by atoms with Crippen molar-refractivity contribution in [2.24, 2.45) is 0 Å². The smallest absolute Gasteiger partial charge is 0.335 e. The Morgan fingerprint density at radius 2 is 1.76 bits per heavy atom. The zero-order chi connectivity index (χ0) is 17.6. The van der Waals surface area contributed by atoms with Crippen molar-refractivity contribution in [3.8, 4) is 0 Å². The first-order valence-electron chi connectivity index (χ1n) is 8.50. The summed E-state index contributed by atoms with van der Waals surface area (Å²) >= 11 is 0. The molecule has 0 atom stereocenters. The van der Waals surface area contributed by atoms with Gasteiger partial charge in [0.05, 0.1) is 5.56 Å². The van der Waals surface area contributed by atoms with Gasteiger partial charge in [-0.2, -0.15) is 0 Å². The Balaban J connectivity index is 1.52. The van der Waals surface area contributed by atoms with Crippen molar-refractivity contribution in [3.05, 3.63) is 70.8 Å². The van der Waals surface area contributed by atoms with E-state index in [4.69, 9.17) is 5.11 Å². The number of aromatic carboxylic acids is 1. The van der Waals surface area contributed by atoms with Crippen LogP contribution in [0.5, 0.6) is 0 Å². The molecule has 2 aromatic carbocycles. The lowest BCUT2D eigenvalue weighted by Gasteiger charge is -2.16. The molecule has 0 radical (unpaired) electrons. The zero-order valence-corrected chi connectivity index (χ0v) is 14.1. The van der Waals surface area contributed by atoms with E-state index in [0.717, 1.165) is 30.6 Å². The van der Waals surface area contributed by atoms with Crippen LogP contribution in [-0.2, 0) is 24.4 Å². The Hall–Kier alpha value is -2.66. The van der Waals surface area contributed by atoms with Gasteiger partial charge in [0.25, 0.3) is 0 Å². The molecule has 25 heavy (non-hydrogen) atoms.